The van der Waals surface area contributed by atoms with E-state index in [0.29, 0.717) is 6.61 Å². The zero-order valence-corrected chi connectivity index (χ0v) is 14.6. The number of ether oxygens (including phenoxy) is 1. The minimum absolute atomic E-state index is 0.585. The first kappa shape index (κ1) is 16.3. The summed E-state index contributed by atoms with van der Waals surface area (Å²) in [5.41, 5.74) is 3.75. The second kappa shape index (κ2) is 7.83. The van der Waals surface area contributed by atoms with Gasteiger partial charge in [-0.1, -0.05) is 60.7 Å². The fourth-order valence-electron chi connectivity index (χ4n) is 3.26. The van der Waals surface area contributed by atoms with Crippen molar-refractivity contribution in [2.24, 2.45) is 0 Å². The van der Waals surface area contributed by atoms with Gasteiger partial charge in [0.15, 0.2) is 0 Å². The van der Waals surface area contributed by atoms with E-state index in [-0.39, 0.29) is 0 Å². The van der Waals surface area contributed by atoms with E-state index in [4.69, 9.17) is 4.74 Å². The van der Waals surface area contributed by atoms with Crippen LogP contribution in [0.4, 0.5) is 0 Å². The number of hydrogen-bond acceptors (Lipinski definition) is 2. The standard InChI is InChI=1S/C24H21NO/c1-2-6-20(7-3-1)18-26-24-13-11-21-8-4-5-9-22(21)23(24)12-10-19-14-16-25-17-15-19/h1-9,11,13-17H,10,12,18H2. The third kappa shape index (κ3) is 3.75. The summed E-state index contributed by atoms with van der Waals surface area (Å²) in [6.07, 6.45) is 5.62. The molecule has 0 fully saturated rings. The van der Waals surface area contributed by atoms with Crippen molar-refractivity contribution in [3.05, 3.63) is 108 Å². The molecule has 0 saturated heterocycles. The Bertz CT molecular complexity index is 981. The van der Waals surface area contributed by atoms with Crippen LogP contribution in [-0.4, -0.2) is 4.98 Å². The minimum Gasteiger partial charge on any atom is -0.489 e. The molecule has 0 aliphatic carbocycles. The number of benzene rings is 3. The molecule has 0 saturated carbocycles. The predicted octanol–water partition coefficient (Wildman–Crippen LogP) is 5.60. The van der Waals surface area contributed by atoms with Crippen LogP contribution >= 0.6 is 0 Å². The third-order valence-electron chi connectivity index (χ3n) is 4.65. The number of pyridine rings is 1. The van der Waals surface area contributed by atoms with E-state index in [0.717, 1.165) is 18.6 Å². The van der Waals surface area contributed by atoms with Gasteiger partial charge < -0.3 is 4.74 Å². The van der Waals surface area contributed by atoms with E-state index < -0.39 is 0 Å². The van der Waals surface area contributed by atoms with Crippen molar-refractivity contribution in [2.75, 3.05) is 0 Å². The van der Waals surface area contributed by atoms with Gasteiger partial charge in [0.05, 0.1) is 0 Å². The average molecular weight is 339 g/mol. The third-order valence-corrected chi connectivity index (χ3v) is 4.65. The quantitative estimate of drug-likeness (QED) is 0.456. The molecular formula is C24H21NO. The van der Waals surface area contributed by atoms with Gasteiger partial charge >= 0.3 is 0 Å². The molecule has 1 aromatic heterocycles. The van der Waals surface area contributed by atoms with Gasteiger partial charge in [-0.05, 0) is 52.9 Å². The Labute approximate surface area is 154 Å². The van der Waals surface area contributed by atoms with Crippen LogP contribution < -0.4 is 4.74 Å². The van der Waals surface area contributed by atoms with Crippen molar-refractivity contribution in [3.8, 4) is 5.75 Å². The molecule has 0 unspecified atom stereocenters. The first-order valence-electron chi connectivity index (χ1n) is 8.96. The Balaban J connectivity index is 1.63. The van der Waals surface area contributed by atoms with Gasteiger partial charge in [-0.3, -0.25) is 4.98 Å². The first-order valence-corrected chi connectivity index (χ1v) is 8.96. The predicted molar refractivity (Wildman–Crippen MR) is 106 cm³/mol. The summed E-state index contributed by atoms with van der Waals surface area (Å²) < 4.78 is 6.21. The van der Waals surface area contributed by atoms with Crippen LogP contribution in [0.1, 0.15) is 16.7 Å². The lowest BCUT2D eigenvalue weighted by atomic mass is 9.98. The van der Waals surface area contributed by atoms with E-state index in [2.05, 4.69) is 65.6 Å². The molecule has 1 heterocycles. The minimum atomic E-state index is 0.585. The lowest BCUT2D eigenvalue weighted by Gasteiger charge is -2.15. The molecule has 0 aliphatic rings. The monoisotopic (exact) mass is 339 g/mol. The fraction of sp³-hybridized carbons (Fsp3) is 0.125. The molecule has 0 aliphatic heterocycles. The average Bonchev–Trinajstić information content (AvgIpc) is 2.72. The number of aromatic nitrogens is 1. The van der Waals surface area contributed by atoms with Crippen LogP contribution in [0.15, 0.2) is 91.3 Å². The van der Waals surface area contributed by atoms with Crippen LogP contribution in [0.3, 0.4) is 0 Å². The molecule has 0 N–H and O–H groups in total. The second-order valence-corrected chi connectivity index (χ2v) is 6.39. The summed E-state index contributed by atoms with van der Waals surface area (Å²) in [7, 11) is 0. The molecule has 4 rings (SSSR count). The van der Waals surface area contributed by atoms with Crippen LogP contribution in [-0.2, 0) is 19.4 Å². The maximum Gasteiger partial charge on any atom is 0.123 e. The zero-order valence-electron chi connectivity index (χ0n) is 14.6. The molecule has 0 atom stereocenters. The highest BCUT2D eigenvalue weighted by molar-refractivity contribution is 5.87. The topological polar surface area (TPSA) is 22.1 Å². The number of nitrogens with zero attached hydrogens (tertiary/aromatic N) is 1. The smallest absolute Gasteiger partial charge is 0.123 e. The molecule has 3 aromatic carbocycles. The van der Waals surface area contributed by atoms with Crippen molar-refractivity contribution in [1.82, 2.24) is 4.98 Å². The molecule has 128 valence electrons. The van der Waals surface area contributed by atoms with E-state index >= 15 is 0 Å². The molecule has 0 amide bonds. The van der Waals surface area contributed by atoms with Crippen molar-refractivity contribution in [1.29, 1.82) is 0 Å². The van der Waals surface area contributed by atoms with Gasteiger partial charge in [-0.2, -0.15) is 0 Å². The van der Waals surface area contributed by atoms with Gasteiger partial charge in [0.25, 0.3) is 0 Å². The molecular weight excluding hydrogens is 318 g/mol. The summed E-state index contributed by atoms with van der Waals surface area (Å²) >= 11 is 0. The van der Waals surface area contributed by atoms with E-state index in [9.17, 15) is 0 Å². The first-order chi connectivity index (χ1) is 12.9. The van der Waals surface area contributed by atoms with Gasteiger partial charge in [-0.25, -0.2) is 0 Å². The van der Waals surface area contributed by atoms with Gasteiger partial charge in [0.2, 0.25) is 0 Å². The number of rotatable bonds is 6. The largest absolute Gasteiger partial charge is 0.489 e. The van der Waals surface area contributed by atoms with E-state index in [1.165, 1.54) is 27.5 Å². The van der Waals surface area contributed by atoms with Crippen LogP contribution in [0.25, 0.3) is 10.8 Å². The molecule has 0 radical (unpaired) electrons. The Kier molecular flexibility index (Phi) is 4.92. The molecule has 26 heavy (non-hydrogen) atoms. The summed E-state index contributed by atoms with van der Waals surface area (Å²) in [4.78, 5) is 4.11. The van der Waals surface area contributed by atoms with E-state index in [1.807, 2.05) is 30.6 Å². The zero-order chi connectivity index (χ0) is 17.6. The van der Waals surface area contributed by atoms with Crippen molar-refractivity contribution < 1.29 is 4.74 Å². The van der Waals surface area contributed by atoms with Crippen molar-refractivity contribution in [2.45, 2.75) is 19.4 Å². The fourth-order valence-corrected chi connectivity index (χ4v) is 3.26. The van der Waals surface area contributed by atoms with Gasteiger partial charge in [0.1, 0.15) is 12.4 Å². The molecule has 0 bridgehead atoms. The van der Waals surface area contributed by atoms with Crippen LogP contribution in [0, 0.1) is 0 Å². The highest BCUT2D eigenvalue weighted by Gasteiger charge is 2.10. The maximum absolute atomic E-state index is 6.21. The Morgan fingerprint density at radius 1 is 0.654 bits per heavy atom. The summed E-state index contributed by atoms with van der Waals surface area (Å²) in [5, 5.41) is 2.52. The van der Waals surface area contributed by atoms with Crippen molar-refractivity contribution >= 4 is 10.8 Å². The number of fused-ring (bicyclic) bond motifs is 1. The van der Waals surface area contributed by atoms with E-state index in [1.54, 1.807) is 0 Å². The summed E-state index contributed by atoms with van der Waals surface area (Å²) in [5.74, 6) is 0.974. The summed E-state index contributed by atoms with van der Waals surface area (Å²) in [6, 6.07) is 27.2. The Hall–Kier alpha value is -3.13. The SMILES string of the molecule is c1ccc(COc2ccc3ccccc3c2CCc2ccncc2)cc1. The molecule has 2 nitrogen and oxygen atoms in total. The van der Waals surface area contributed by atoms with Crippen LogP contribution in [0.2, 0.25) is 0 Å². The Morgan fingerprint density at radius 3 is 2.27 bits per heavy atom. The molecule has 2 heteroatoms. The molecule has 0 spiro atoms. The highest BCUT2D eigenvalue weighted by atomic mass is 16.5. The molecule has 4 aromatic rings. The van der Waals surface area contributed by atoms with Crippen molar-refractivity contribution in [3.63, 3.8) is 0 Å². The highest BCUT2D eigenvalue weighted by Crippen LogP contribution is 2.30. The maximum atomic E-state index is 6.21. The van der Waals surface area contributed by atoms with Gasteiger partial charge in [-0.15, -0.1) is 0 Å². The normalized spacial score (nSPS) is 10.8. The number of hydrogen-bond donors (Lipinski definition) is 0. The Morgan fingerprint density at radius 2 is 1.42 bits per heavy atom. The number of aryl methyl sites for hydroxylation is 2. The second-order valence-electron chi connectivity index (χ2n) is 6.39. The summed E-state index contributed by atoms with van der Waals surface area (Å²) in [6.45, 7) is 0.585. The lowest BCUT2D eigenvalue weighted by molar-refractivity contribution is 0.303. The van der Waals surface area contributed by atoms with Crippen LogP contribution in [0.5, 0.6) is 5.75 Å². The van der Waals surface area contributed by atoms with Gasteiger partial charge in [0, 0.05) is 18.0 Å². The lowest BCUT2D eigenvalue weighted by Crippen LogP contribution is -2.01.